The molecule has 36 heavy (non-hydrogen) atoms. The third-order valence-electron chi connectivity index (χ3n) is 5.68. The summed E-state index contributed by atoms with van der Waals surface area (Å²) in [6.07, 6.45) is 0. The molecule has 9 heteroatoms. The van der Waals surface area contributed by atoms with Crippen LogP contribution in [0.5, 0.6) is 0 Å². The van der Waals surface area contributed by atoms with E-state index < -0.39 is 4.92 Å². The zero-order valence-electron chi connectivity index (χ0n) is 20.0. The minimum Gasteiger partial charge on any atom is -0.332 e. The Morgan fingerprint density at radius 1 is 0.972 bits per heavy atom. The highest BCUT2D eigenvalue weighted by atomic mass is 35.5. The number of carbonyl (C=O) groups is 1. The topological polar surface area (TPSA) is 84.5 Å². The normalized spacial score (nSPS) is 11.0. The van der Waals surface area contributed by atoms with Gasteiger partial charge in [-0.15, -0.1) is 0 Å². The van der Waals surface area contributed by atoms with Crippen molar-refractivity contribution in [2.75, 3.05) is 27.2 Å². The largest absolute Gasteiger partial charge is 0.332 e. The van der Waals surface area contributed by atoms with E-state index in [9.17, 15) is 14.9 Å². The molecule has 0 saturated carbocycles. The number of nitrogens with zero attached hydrogens (tertiary/aromatic N) is 5. The average Bonchev–Trinajstić information content (AvgIpc) is 3.32. The predicted molar refractivity (Wildman–Crippen MR) is 140 cm³/mol. The van der Waals surface area contributed by atoms with Crippen LogP contribution in [0.1, 0.15) is 16.1 Å². The molecule has 1 aromatic heterocycles. The summed E-state index contributed by atoms with van der Waals surface area (Å²) < 4.78 is 1.46. The monoisotopic (exact) mass is 503 g/mol. The number of carbonyl (C=O) groups excluding carboxylic acids is 1. The molecular formula is C27H26ClN5O3. The van der Waals surface area contributed by atoms with Crippen LogP contribution in [0.4, 0.5) is 5.69 Å². The first-order chi connectivity index (χ1) is 17.3. The van der Waals surface area contributed by atoms with Gasteiger partial charge in [-0.2, -0.15) is 5.10 Å². The van der Waals surface area contributed by atoms with Gasteiger partial charge in [0.1, 0.15) is 5.69 Å². The highest BCUT2D eigenvalue weighted by Gasteiger charge is 2.24. The van der Waals surface area contributed by atoms with E-state index in [-0.39, 0.29) is 11.6 Å². The van der Waals surface area contributed by atoms with E-state index in [4.69, 9.17) is 11.6 Å². The number of benzene rings is 3. The van der Waals surface area contributed by atoms with Crippen LogP contribution in [0.25, 0.3) is 16.9 Å². The lowest BCUT2D eigenvalue weighted by Crippen LogP contribution is -2.37. The van der Waals surface area contributed by atoms with E-state index in [1.165, 1.54) is 16.8 Å². The van der Waals surface area contributed by atoms with Gasteiger partial charge >= 0.3 is 0 Å². The van der Waals surface area contributed by atoms with Gasteiger partial charge < -0.3 is 9.80 Å². The van der Waals surface area contributed by atoms with E-state index >= 15 is 0 Å². The molecule has 4 aromatic rings. The fourth-order valence-corrected chi connectivity index (χ4v) is 4.04. The SMILES string of the molecule is CN(C)CCN(Cc1ccccc1)C(=O)c1cc(-c2ccccc2Cl)nn1-c1cccc([N+](=O)[O-])c1. The number of nitro groups is 1. The van der Waals surface area contributed by atoms with Crippen LogP contribution >= 0.6 is 11.6 Å². The smallest absolute Gasteiger partial charge is 0.272 e. The molecule has 0 radical (unpaired) electrons. The van der Waals surface area contributed by atoms with Crippen molar-refractivity contribution in [3.8, 4) is 16.9 Å². The molecule has 1 amide bonds. The summed E-state index contributed by atoms with van der Waals surface area (Å²) in [6, 6.07) is 24.8. The number of halogens is 1. The summed E-state index contributed by atoms with van der Waals surface area (Å²) in [4.78, 5) is 28.7. The first-order valence-electron chi connectivity index (χ1n) is 11.4. The Morgan fingerprint density at radius 3 is 2.39 bits per heavy atom. The number of likely N-dealkylation sites (N-methyl/N-ethyl adjacent to an activating group) is 1. The molecule has 0 N–H and O–H groups in total. The van der Waals surface area contributed by atoms with E-state index in [1.807, 2.05) is 67.5 Å². The lowest BCUT2D eigenvalue weighted by molar-refractivity contribution is -0.384. The van der Waals surface area contributed by atoms with Crippen LogP contribution in [0, 0.1) is 10.1 Å². The molecule has 0 aliphatic rings. The Labute approximate surface area is 214 Å². The standard InChI is InChI=1S/C27H26ClN5O3/c1-30(2)15-16-31(19-20-9-4-3-5-10-20)27(34)26-18-25(23-13-6-7-14-24(23)28)29-32(26)21-11-8-12-22(17-21)33(35)36/h3-14,17-18H,15-16,19H2,1-2H3. The van der Waals surface area contributed by atoms with Gasteiger partial charge in [0.25, 0.3) is 11.6 Å². The number of non-ortho nitro benzene ring substituents is 1. The molecule has 0 aliphatic heterocycles. The number of amides is 1. The van der Waals surface area contributed by atoms with E-state index in [1.54, 1.807) is 29.2 Å². The minimum atomic E-state index is -0.470. The molecule has 0 atom stereocenters. The Balaban J connectivity index is 1.81. The van der Waals surface area contributed by atoms with Crippen molar-refractivity contribution >= 4 is 23.2 Å². The molecule has 0 fully saturated rings. The molecule has 8 nitrogen and oxygen atoms in total. The fraction of sp³-hybridized carbons (Fsp3) is 0.185. The second-order valence-electron chi connectivity index (χ2n) is 8.60. The van der Waals surface area contributed by atoms with Gasteiger partial charge in [-0.25, -0.2) is 4.68 Å². The van der Waals surface area contributed by atoms with Crippen LogP contribution in [-0.2, 0) is 6.54 Å². The zero-order valence-corrected chi connectivity index (χ0v) is 20.8. The summed E-state index contributed by atoms with van der Waals surface area (Å²) in [7, 11) is 3.90. The van der Waals surface area contributed by atoms with Gasteiger partial charge in [0.2, 0.25) is 0 Å². The molecule has 0 bridgehead atoms. The van der Waals surface area contributed by atoms with Crippen molar-refractivity contribution in [2.24, 2.45) is 0 Å². The first kappa shape index (κ1) is 25.1. The molecule has 1 heterocycles. The van der Waals surface area contributed by atoms with Crippen LogP contribution in [0.15, 0.2) is 84.9 Å². The third kappa shape index (κ3) is 5.79. The summed E-state index contributed by atoms with van der Waals surface area (Å²) in [5.41, 5.74) is 2.79. The molecule has 4 rings (SSSR count). The van der Waals surface area contributed by atoms with Crippen molar-refractivity contribution in [1.29, 1.82) is 0 Å². The Hall–Kier alpha value is -4.01. The zero-order chi connectivity index (χ0) is 25.7. The predicted octanol–water partition coefficient (Wildman–Crippen LogP) is 5.30. The summed E-state index contributed by atoms with van der Waals surface area (Å²) in [5.74, 6) is -0.238. The van der Waals surface area contributed by atoms with Crippen molar-refractivity contribution in [3.05, 3.63) is 111 Å². The van der Waals surface area contributed by atoms with Crippen molar-refractivity contribution in [3.63, 3.8) is 0 Å². The van der Waals surface area contributed by atoms with Crippen LogP contribution in [-0.4, -0.2) is 57.6 Å². The molecule has 0 spiro atoms. The Morgan fingerprint density at radius 2 is 1.69 bits per heavy atom. The Bertz CT molecular complexity index is 1370. The maximum absolute atomic E-state index is 14.0. The first-order valence-corrected chi connectivity index (χ1v) is 11.8. The van der Waals surface area contributed by atoms with Crippen molar-refractivity contribution in [2.45, 2.75) is 6.54 Å². The van der Waals surface area contributed by atoms with Crippen LogP contribution in [0.2, 0.25) is 5.02 Å². The number of rotatable bonds is 9. The third-order valence-corrected chi connectivity index (χ3v) is 6.01. The number of nitro benzene ring substituents is 1. The van der Waals surface area contributed by atoms with E-state index in [0.29, 0.717) is 47.3 Å². The summed E-state index contributed by atoms with van der Waals surface area (Å²) in [6.45, 7) is 1.57. The molecule has 0 saturated heterocycles. The lowest BCUT2D eigenvalue weighted by Gasteiger charge is -2.25. The molecule has 0 unspecified atom stereocenters. The van der Waals surface area contributed by atoms with Crippen molar-refractivity contribution in [1.82, 2.24) is 19.6 Å². The maximum Gasteiger partial charge on any atom is 0.272 e. The van der Waals surface area contributed by atoms with Gasteiger partial charge in [-0.1, -0.05) is 66.2 Å². The lowest BCUT2D eigenvalue weighted by atomic mass is 10.1. The highest BCUT2D eigenvalue weighted by Crippen LogP contribution is 2.29. The number of hydrogen-bond donors (Lipinski definition) is 0. The summed E-state index contributed by atoms with van der Waals surface area (Å²) in [5, 5.41) is 16.6. The van der Waals surface area contributed by atoms with Gasteiger partial charge in [0.05, 0.1) is 21.3 Å². The van der Waals surface area contributed by atoms with Gasteiger partial charge in [-0.3, -0.25) is 14.9 Å². The fourth-order valence-electron chi connectivity index (χ4n) is 3.81. The summed E-state index contributed by atoms with van der Waals surface area (Å²) >= 11 is 6.43. The van der Waals surface area contributed by atoms with Gasteiger partial charge in [0.15, 0.2) is 0 Å². The quantitative estimate of drug-likeness (QED) is 0.228. The number of hydrogen-bond acceptors (Lipinski definition) is 5. The average molecular weight is 504 g/mol. The van der Waals surface area contributed by atoms with E-state index in [2.05, 4.69) is 5.10 Å². The molecule has 184 valence electrons. The van der Waals surface area contributed by atoms with Crippen LogP contribution < -0.4 is 0 Å². The van der Waals surface area contributed by atoms with Gasteiger partial charge in [0, 0.05) is 37.3 Å². The van der Waals surface area contributed by atoms with E-state index in [0.717, 1.165) is 5.56 Å². The molecule has 3 aromatic carbocycles. The van der Waals surface area contributed by atoms with Gasteiger partial charge in [-0.05, 0) is 37.9 Å². The highest BCUT2D eigenvalue weighted by molar-refractivity contribution is 6.33. The minimum absolute atomic E-state index is 0.0885. The van der Waals surface area contributed by atoms with Crippen LogP contribution in [0.3, 0.4) is 0 Å². The second kappa shape index (κ2) is 11.2. The number of aromatic nitrogens is 2. The Kier molecular flexibility index (Phi) is 7.77. The molecule has 0 aliphatic carbocycles. The molecular weight excluding hydrogens is 478 g/mol. The second-order valence-corrected chi connectivity index (χ2v) is 9.01. The van der Waals surface area contributed by atoms with Crippen molar-refractivity contribution < 1.29 is 9.72 Å². The maximum atomic E-state index is 14.0.